The van der Waals surface area contributed by atoms with Gasteiger partial charge in [-0.15, -0.1) is 0 Å². The van der Waals surface area contributed by atoms with E-state index in [1.54, 1.807) is 0 Å². The van der Waals surface area contributed by atoms with Crippen LogP contribution in [-0.2, 0) is 11.2 Å². The molecule has 0 amide bonds. The summed E-state index contributed by atoms with van der Waals surface area (Å²) < 4.78 is 28.6. The van der Waals surface area contributed by atoms with Crippen molar-refractivity contribution in [3.05, 3.63) is 53.2 Å². The fraction of sp³-hybridized carbons (Fsp3) is 0.421. The Balaban J connectivity index is 2.26. The normalized spacial score (nSPS) is 17.4. The number of nitrogens with two attached hydrogens (primary N) is 1. The number of aliphatic hydroxyl groups is 2. The number of nitrogens with zero attached hydrogens (tertiary/aromatic N) is 1. The third kappa shape index (κ3) is 3.29. The Morgan fingerprint density at radius 2 is 1.88 bits per heavy atom. The van der Waals surface area contributed by atoms with Gasteiger partial charge < -0.3 is 15.9 Å². The molecule has 1 saturated carbocycles. The van der Waals surface area contributed by atoms with E-state index in [2.05, 4.69) is 4.98 Å². The molecule has 1 fully saturated rings. The van der Waals surface area contributed by atoms with E-state index in [9.17, 15) is 14.6 Å². The molecule has 1 aromatic heterocycles. The standard InChI is InChI=1S/C19H22F2N2O2/c1-18(2,24)14-9-15(19(25,10-22)12-6-7-12)23-17(16(14)21)11-4-3-5-13(20)8-11/h3-5,8-9,12,24-25H,6-7,10,22H2,1-2H3. The fourth-order valence-corrected chi connectivity index (χ4v) is 3.06. The molecule has 1 heterocycles. The van der Waals surface area contributed by atoms with Gasteiger partial charge in [-0.3, -0.25) is 0 Å². The smallest absolute Gasteiger partial charge is 0.155 e. The minimum absolute atomic E-state index is 0.00992. The van der Waals surface area contributed by atoms with Crippen LogP contribution < -0.4 is 5.73 Å². The molecule has 1 atom stereocenters. The summed E-state index contributed by atoms with van der Waals surface area (Å²) in [7, 11) is 0. The molecule has 1 aromatic carbocycles. The zero-order valence-electron chi connectivity index (χ0n) is 14.3. The van der Waals surface area contributed by atoms with Gasteiger partial charge in [0.15, 0.2) is 5.82 Å². The molecular formula is C19H22F2N2O2. The second-order valence-corrected chi connectivity index (χ2v) is 7.19. The summed E-state index contributed by atoms with van der Waals surface area (Å²) in [6.07, 6.45) is 1.61. The van der Waals surface area contributed by atoms with E-state index in [4.69, 9.17) is 5.73 Å². The number of hydrogen-bond donors (Lipinski definition) is 3. The van der Waals surface area contributed by atoms with E-state index in [0.29, 0.717) is 0 Å². The Morgan fingerprint density at radius 1 is 1.20 bits per heavy atom. The number of halogens is 2. The fourth-order valence-electron chi connectivity index (χ4n) is 3.06. The first-order valence-electron chi connectivity index (χ1n) is 8.29. The topological polar surface area (TPSA) is 79.4 Å². The van der Waals surface area contributed by atoms with Crippen molar-refractivity contribution in [1.82, 2.24) is 4.98 Å². The molecule has 0 bridgehead atoms. The molecule has 2 aromatic rings. The van der Waals surface area contributed by atoms with Gasteiger partial charge in [0.2, 0.25) is 0 Å². The van der Waals surface area contributed by atoms with Gasteiger partial charge in [-0.1, -0.05) is 12.1 Å². The van der Waals surface area contributed by atoms with Crippen LogP contribution in [0.5, 0.6) is 0 Å². The minimum Gasteiger partial charge on any atom is -0.386 e. The van der Waals surface area contributed by atoms with Crippen molar-refractivity contribution in [1.29, 1.82) is 0 Å². The number of rotatable bonds is 5. The molecule has 6 heteroatoms. The van der Waals surface area contributed by atoms with Crippen LogP contribution in [0, 0.1) is 17.6 Å². The predicted octanol–water partition coefficient (Wildman–Crippen LogP) is 2.81. The SMILES string of the molecule is CC(C)(O)c1cc(C(O)(CN)C2CC2)nc(-c2cccc(F)c2)c1F. The van der Waals surface area contributed by atoms with E-state index >= 15 is 4.39 Å². The molecule has 1 unspecified atom stereocenters. The quantitative estimate of drug-likeness (QED) is 0.776. The van der Waals surface area contributed by atoms with Crippen LogP contribution in [0.2, 0.25) is 0 Å². The highest BCUT2D eigenvalue weighted by Gasteiger charge is 2.46. The third-order valence-electron chi connectivity index (χ3n) is 4.72. The van der Waals surface area contributed by atoms with Crippen LogP contribution in [0.15, 0.2) is 30.3 Å². The Bertz CT molecular complexity index is 800. The van der Waals surface area contributed by atoms with Gasteiger partial charge >= 0.3 is 0 Å². The molecular weight excluding hydrogens is 326 g/mol. The Morgan fingerprint density at radius 3 is 2.40 bits per heavy atom. The summed E-state index contributed by atoms with van der Waals surface area (Å²) >= 11 is 0. The van der Waals surface area contributed by atoms with Crippen molar-refractivity contribution < 1.29 is 19.0 Å². The maximum absolute atomic E-state index is 15.0. The second-order valence-electron chi connectivity index (χ2n) is 7.19. The Kier molecular flexibility index (Phi) is 4.39. The molecule has 4 nitrogen and oxygen atoms in total. The Hall–Kier alpha value is -1.89. The first-order chi connectivity index (χ1) is 11.7. The highest BCUT2D eigenvalue weighted by Crippen LogP contribution is 2.46. The molecule has 1 aliphatic carbocycles. The van der Waals surface area contributed by atoms with Crippen molar-refractivity contribution in [2.45, 2.75) is 37.9 Å². The molecule has 134 valence electrons. The number of pyridine rings is 1. The van der Waals surface area contributed by atoms with Gasteiger partial charge in [0.05, 0.1) is 11.3 Å². The number of benzene rings is 1. The predicted molar refractivity (Wildman–Crippen MR) is 90.5 cm³/mol. The van der Waals surface area contributed by atoms with Crippen LogP contribution in [0.3, 0.4) is 0 Å². The summed E-state index contributed by atoms with van der Waals surface area (Å²) in [5.41, 5.74) is 3.21. The van der Waals surface area contributed by atoms with Gasteiger partial charge in [-0.05, 0) is 50.8 Å². The zero-order chi connectivity index (χ0) is 18.4. The molecule has 3 rings (SSSR count). The van der Waals surface area contributed by atoms with Crippen LogP contribution in [0.4, 0.5) is 8.78 Å². The summed E-state index contributed by atoms with van der Waals surface area (Å²) in [5.74, 6) is -1.31. The van der Waals surface area contributed by atoms with E-state index < -0.39 is 22.8 Å². The summed E-state index contributed by atoms with van der Waals surface area (Å²) in [4.78, 5) is 4.28. The minimum atomic E-state index is -1.50. The molecule has 0 aliphatic heterocycles. The zero-order valence-corrected chi connectivity index (χ0v) is 14.3. The highest BCUT2D eigenvalue weighted by atomic mass is 19.1. The van der Waals surface area contributed by atoms with Crippen LogP contribution in [0.25, 0.3) is 11.3 Å². The second kappa shape index (κ2) is 6.12. The third-order valence-corrected chi connectivity index (χ3v) is 4.72. The lowest BCUT2D eigenvalue weighted by Gasteiger charge is -2.29. The van der Waals surface area contributed by atoms with Crippen molar-refractivity contribution in [2.24, 2.45) is 11.7 Å². The maximum Gasteiger partial charge on any atom is 0.155 e. The monoisotopic (exact) mass is 348 g/mol. The number of hydrogen-bond acceptors (Lipinski definition) is 4. The van der Waals surface area contributed by atoms with Gasteiger partial charge in [0.25, 0.3) is 0 Å². The van der Waals surface area contributed by atoms with Gasteiger partial charge in [0, 0.05) is 17.7 Å². The molecule has 1 aliphatic rings. The van der Waals surface area contributed by atoms with Crippen molar-refractivity contribution in [3.63, 3.8) is 0 Å². The lowest BCUT2D eigenvalue weighted by molar-refractivity contribution is 0.0169. The first-order valence-corrected chi connectivity index (χ1v) is 8.29. The van der Waals surface area contributed by atoms with Gasteiger partial charge in [0.1, 0.15) is 17.1 Å². The lowest BCUT2D eigenvalue weighted by atomic mass is 9.88. The van der Waals surface area contributed by atoms with Gasteiger partial charge in [-0.2, -0.15) is 0 Å². The van der Waals surface area contributed by atoms with E-state index in [1.807, 2.05) is 0 Å². The average Bonchev–Trinajstić information content (AvgIpc) is 3.38. The van der Waals surface area contributed by atoms with Crippen molar-refractivity contribution >= 4 is 0 Å². The average molecular weight is 348 g/mol. The molecule has 0 spiro atoms. The first kappa shape index (κ1) is 17.9. The molecule has 0 radical (unpaired) electrons. The molecule has 4 N–H and O–H groups in total. The van der Waals surface area contributed by atoms with E-state index in [0.717, 1.165) is 12.8 Å². The van der Waals surface area contributed by atoms with Crippen LogP contribution in [-0.4, -0.2) is 21.7 Å². The molecule has 25 heavy (non-hydrogen) atoms. The summed E-state index contributed by atoms with van der Waals surface area (Å²) in [5, 5.41) is 21.3. The number of aromatic nitrogens is 1. The summed E-state index contributed by atoms with van der Waals surface area (Å²) in [6.45, 7) is 2.83. The largest absolute Gasteiger partial charge is 0.386 e. The van der Waals surface area contributed by atoms with Crippen LogP contribution in [0.1, 0.15) is 37.9 Å². The summed E-state index contributed by atoms with van der Waals surface area (Å²) in [6, 6.07) is 6.77. The van der Waals surface area contributed by atoms with E-state index in [-0.39, 0.29) is 35.0 Å². The van der Waals surface area contributed by atoms with Gasteiger partial charge in [-0.25, -0.2) is 13.8 Å². The van der Waals surface area contributed by atoms with E-state index in [1.165, 1.54) is 44.2 Å². The van der Waals surface area contributed by atoms with Crippen molar-refractivity contribution in [3.8, 4) is 11.3 Å². The highest BCUT2D eigenvalue weighted by molar-refractivity contribution is 5.62. The lowest BCUT2D eigenvalue weighted by Crippen LogP contribution is -2.38. The Labute approximate surface area is 145 Å². The maximum atomic E-state index is 15.0. The molecule has 0 saturated heterocycles. The van der Waals surface area contributed by atoms with Crippen LogP contribution >= 0.6 is 0 Å². The van der Waals surface area contributed by atoms with Crippen molar-refractivity contribution in [2.75, 3.05) is 6.54 Å².